The summed E-state index contributed by atoms with van der Waals surface area (Å²) in [5.41, 5.74) is 1.63. The van der Waals surface area contributed by atoms with Gasteiger partial charge in [0.25, 0.3) is 0 Å². The molecule has 4 heteroatoms. The van der Waals surface area contributed by atoms with E-state index >= 15 is 0 Å². The molecular formula is C32H46O4. The highest BCUT2D eigenvalue weighted by molar-refractivity contribution is 5.79. The lowest BCUT2D eigenvalue weighted by molar-refractivity contribution is -0.189. The van der Waals surface area contributed by atoms with Crippen molar-refractivity contribution in [2.75, 3.05) is 7.11 Å². The fraction of sp³-hybridized carbons (Fsp3) is 0.750. The smallest absolute Gasteiger partial charge is 0.305 e. The van der Waals surface area contributed by atoms with Gasteiger partial charge in [0, 0.05) is 19.3 Å². The molecule has 0 bridgehead atoms. The number of hydrogen-bond acceptors (Lipinski definition) is 4. The summed E-state index contributed by atoms with van der Waals surface area (Å²) in [5.74, 6) is 4.01. The van der Waals surface area contributed by atoms with Crippen LogP contribution >= 0.6 is 0 Å². The Hall–Kier alpha value is -1.68. The van der Waals surface area contributed by atoms with Gasteiger partial charge in [-0.2, -0.15) is 0 Å². The molecule has 0 aliphatic heterocycles. The molecule has 9 atom stereocenters. The molecule has 1 aromatic carbocycles. The van der Waals surface area contributed by atoms with Crippen LogP contribution in [0.15, 0.2) is 30.3 Å². The molecule has 4 aliphatic rings. The van der Waals surface area contributed by atoms with Crippen LogP contribution in [0.4, 0.5) is 0 Å². The van der Waals surface area contributed by atoms with E-state index in [2.05, 4.69) is 51.1 Å². The molecule has 5 rings (SSSR count). The Bertz CT molecular complexity index is 943. The molecule has 4 saturated carbocycles. The fourth-order valence-electron chi connectivity index (χ4n) is 9.61. The minimum absolute atomic E-state index is 0.0970. The lowest BCUT2D eigenvalue weighted by atomic mass is 9.43. The highest BCUT2D eigenvalue weighted by Crippen LogP contribution is 2.68. The monoisotopic (exact) mass is 494 g/mol. The zero-order valence-electron chi connectivity index (χ0n) is 22.8. The van der Waals surface area contributed by atoms with Crippen molar-refractivity contribution in [3.8, 4) is 0 Å². The van der Waals surface area contributed by atoms with Crippen LogP contribution in [0.25, 0.3) is 0 Å². The number of benzene rings is 1. The summed E-state index contributed by atoms with van der Waals surface area (Å²) >= 11 is 0. The number of carbonyl (C=O) groups excluding carboxylic acids is 2. The number of ether oxygens (including phenoxy) is 2. The zero-order valence-corrected chi connectivity index (χ0v) is 22.8. The van der Waals surface area contributed by atoms with Gasteiger partial charge in [0.2, 0.25) is 0 Å². The summed E-state index contributed by atoms with van der Waals surface area (Å²) in [5, 5.41) is 0. The van der Waals surface area contributed by atoms with Gasteiger partial charge < -0.3 is 9.47 Å². The molecule has 0 saturated heterocycles. The number of fused-ring (bicyclic) bond motifs is 5. The van der Waals surface area contributed by atoms with Gasteiger partial charge >= 0.3 is 5.97 Å². The van der Waals surface area contributed by atoms with Gasteiger partial charge in [-0.15, -0.1) is 0 Å². The van der Waals surface area contributed by atoms with Crippen molar-refractivity contribution in [2.24, 2.45) is 46.3 Å². The molecule has 1 aromatic rings. The minimum Gasteiger partial charge on any atom is -0.469 e. The number of ketones is 1. The van der Waals surface area contributed by atoms with E-state index in [1.807, 2.05) is 0 Å². The van der Waals surface area contributed by atoms with Crippen LogP contribution in [-0.2, 0) is 25.7 Å². The Labute approximate surface area is 217 Å². The average molecular weight is 495 g/mol. The maximum absolute atomic E-state index is 12.4. The Morgan fingerprint density at radius 2 is 1.86 bits per heavy atom. The van der Waals surface area contributed by atoms with Crippen molar-refractivity contribution in [2.45, 2.75) is 97.7 Å². The first-order valence-corrected chi connectivity index (χ1v) is 14.5. The number of Topliss-reactive ketones (excluding diaryl/α,β-unsaturated/α-hetero) is 1. The first-order chi connectivity index (χ1) is 17.3. The number of carbonyl (C=O) groups is 2. The standard InChI is InChI=1S/C32H46O4/c1-21(10-15-30(34)35-4)26-13-14-27-25-12-11-23-18-24(33)16-17-31(23,2)28(25)19-29(32(26,27)3)36-20-22-8-6-5-7-9-22/h5-9,21,23,25-29H,10-20H2,1-4H3/t21-,23-,25+,26-,27+,28+,29+,31+,32-/m1/s1. The van der Waals surface area contributed by atoms with Gasteiger partial charge in [0.05, 0.1) is 19.8 Å². The molecule has 4 fully saturated rings. The Morgan fingerprint density at radius 3 is 2.61 bits per heavy atom. The van der Waals surface area contributed by atoms with Crippen LogP contribution < -0.4 is 0 Å². The third kappa shape index (κ3) is 4.46. The van der Waals surface area contributed by atoms with E-state index in [9.17, 15) is 9.59 Å². The van der Waals surface area contributed by atoms with Crippen LogP contribution in [0, 0.1) is 46.3 Å². The molecule has 0 heterocycles. The molecule has 0 spiro atoms. The van der Waals surface area contributed by atoms with Crippen molar-refractivity contribution in [1.82, 2.24) is 0 Å². The third-order valence-electron chi connectivity index (χ3n) is 11.6. The fourth-order valence-corrected chi connectivity index (χ4v) is 9.61. The van der Waals surface area contributed by atoms with E-state index in [-0.39, 0.29) is 22.9 Å². The van der Waals surface area contributed by atoms with Crippen LogP contribution in [0.3, 0.4) is 0 Å². The van der Waals surface area contributed by atoms with E-state index in [1.54, 1.807) is 0 Å². The van der Waals surface area contributed by atoms with E-state index < -0.39 is 0 Å². The van der Waals surface area contributed by atoms with E-state index in [0.29, 0.717) is 48.4 Å². The summed E-state index contributed by atoms with van der Waals surface area (Å²) in [6.45, 7) is 8.07. The SMILES string of the molecule is COC(=O)CC[C@@H](C)[C@H]1CC[C@H]2[C@@H]3CC[C@@H]4CC(=O)CC[C@]4(C)[C@H]3C[C@H](OCc3ccccc3)[C@]12C. The topological polar surface area (TPSA) is 52.6 Å². The summed E-state index contributed by atoms with van der Waals surface area (Å²) in [4.78, 5) is 24.3. The molecule has 0 N–H and O–H groups in total. The van der Waals surface area contributed by atoms with Crippen LogP contribution in [0.2, 0.25) is 0 Å². The highest BCUT2D eigenvalue weighted by atomic mass is 16.5. The Balaban J connectivity index is 1.43. The number of methoxy groups -OCH3 is 1. The molecule has 36 heavy (non-hydrogen) atoms. The summed E-state index contributed by atoms with van der Waals surface area (Å²) in [6.07, 6.45) is 10.3. The maximum atomic E-state index is 12.4. The average Bonchev–Trinajstić information content (AvgIpc) is 3.25. The first-order valence-electron chi connectivity index (χ1n) is 14.5. The highest BCUT2D eigenvalue weighted by Gasteiger charge is 2.64. The number of esters is 1. The molecule has 0 aromatic heterocycles. The van der Waals surface area contributed by atoms with Crippen molar-refractivity contribution < 1.29 is 19.1 Å². The van der Waals surface area contributed by atoms with E-state index in [4.69, 9.17) is 9.47 Å². The zero-order chi connectivity index (χ0) is 25.5. The maximum Gasteiger partial charge on any atom is 0.305 e. The van der Waals surface area contributed by atoms with Gasteiger partial charge in [0.15, 0.2) is 0 Å². The van der Waals surface area contributed by atoms with Gasteiger partial charge in [-0.3, -0.25) is 9.59 Å². The lowest BCUT2D eigenvalue weighted by Gasteiger charge is -2.62. The molecule has 4 aliphatic carbocycles. The second kappa shape index (κ2) is 10.2. The van der Waals surface area contributed by atoms with Crippen molar-refractivity contribution >= 4 is 11.8 Å². The molecule has 198 valence electrons. The van der Waals surface area contributed by atoms with Gasteiger partial charge in [-0.05, 0) is 96.8 Å². The van der Waals surface area contributed by atoms with Crippen molar-refractivity contribution in [3.05, 3.63) is 35.9 Å². The second-order valence-electron chi connectivity index (χ2n) is 13.1. The largest absolute Gasteiger partial charge is 0.469 e. The van der Waals surface area contributed by atoms with Crippen LogP contribution in [0.1, 0.15) is 90.5 Å². The summed E-state index contributed by atoms with van der Waals surface area (Å²) in [7, 11) is 1.49. The second-order valence-corrected chi connectivity index (χ2v) is 13.1. The number of rotatable bonds is 7. The molecule has 0 amide bonds. The summed E-state index contributed by atoms with van der Waals surface area (Å²) < 4.78 is 11.9. The Kier molecular flexibility index (Phi) is 7.38. The quantitative estimate of drug-likeness (QED) is 0.383. The summed E-state index contributed by atoms with van der Waals surface area (Å²) in [6, 6.07) is 10.6. The van der Waals surface area contributed by atoms with Gasteiger partial charge in [-0.1, -0.05) is 51.1 Å². The molecule has 0 unspecified atom stereocenters. The number of hydrogen-bond donors (Lipinski definition) is 0. The van der Waals surface area contributed by atoms with Crippen molar-refractivity contribution in [3.63, 3.8) is 0 Å². The predicted octanol–water partition coefficient (Wildman–Crippen LogP) is 7.00. The molecule has 4 nitrogen and oxygen atoms in total. The molecule has 0 radical (unpaired) electrons. The van der Waals surface area contributed by atoms with Crippen molar-refractivity contribution in [1.29, 1.82) is 0 Å². The van der Waals surface area contributed by atoms with Crippen LogP contribution in [0.5, 0.6) is 0 Å². The van der Waals surface area contributed by atoms with E-state index in [1.165, 1.54) is 38.4 Å². The minimum atomic E-state index is -0.0970. The molecular weight excluding hydrogens is 448 g/mol. The Morgan fingerprint density at radius 1 is 1.08 bits per heavy atom. The predicted molar refractivity (Wildman–Crippen MR) is 141 cm³/mol. The third-order valence-corrected chi connectivity index (χ3v) is 11.6. The normalized spacial score (nSPS) is 40.6. The van der Waals surface area contributed by atoms with Crippen LogP contribution in [-0.4, -0.2) is 25.0 Å². The van der Waals surface area contributed by atoms with Gasteiger partial charge in [0.1, 0.15) is 5.78 Å². The first kappa shape index (κ1) is 25.9. The van der Waals surface area contributed by atoms with Gasteiger partial charge in [-0.25, -0.2) is 0 Å². The lowest BCUT2D eigenvalue weighted by Crippen LogP contribution is -2.59. The van der Waals surface area contributed by atoms with E-state index in [0.717, 1.165) is 38.0 Å².